The van der Waals surface area contributed by atoms with Gasteiger partial charge in [-0.2, -0.15) is 10.2 Å². The highest BCUT2D eigenvalue weighted by molar-refractivity contribution is 6.62. The van der Waals surface area contributed by atoms with Gasteiger partial charge in [-0.15, -0.1) is 0 Å². The van der Waals surface area contributed by atoms with Crippen molar-refractivity contribution in [1.82, 2.24) is 9.97 Å². The van der Waals surface area contributed by atoms with Gasteiger partial charge in [0, 0.05) is 5.56 Å². The van der Waals surface area contributed by atoms with Crippen LogP contribution in [0.1, 0.15) is 33.3 Å². The Morgan fingerprint density at radius 1 is 1.04 bits per heavy atom. The summed E-state index contributed by atoms with van der Waals surface area (Å²) in [6.45, 7) is 7.12. The van der Waals surface area contributed by atoms with Crippen LogP contribution in [-0.4, -0.2) is 28.3 Å². The highest BCUT2D eigenvalue weighted by atomic mass is 19.1. The molecule has 0 aliphatic carbocycles. The van der Waals surface area contributed by atoms with E-state index in [1.165, 1.54) is 0 Å². The standard InChI is InChI=1S/C17H18BF2N5O2/c1-16(2)17(3,4)27-18(26-16)12-10(19)5-8(6-11(12)20)13-9(7-21)14(22)25-15(23)24-13/h5-6H,1-4H3,(H4,22,23,24,25). The molecular weight excluding hydrogens is 355 g/mol. The fourth-order valence-corrected chi connectivity index (χ4v) is 2.72. The van der Waals surface area contributed by atoms with E-state index in [9.17, 15) is 14.0 Å². The average Bonchev–Trinajstić information content (AvgIpc) is 2.73. The first-order valence-electron chi connectivity index (χ1n) is 8.15. The van der Waals surface area contributed by atoms with E-state index < -0.39 is 30.0 Å². The number of nitrogens with zero attached hydrogens (tertiary/aromatic N) is 3. The summed E-state index contributed by atoms with van der Waals surface area (Å²) in [5.41, 5.74) is 9.17. The first kappa shape index (κ1) is 19.0. The number of aromatic nitrogens is 2. The molecular formula is C17H18BF2N5O2. The zero-order chi connectivity index (χ0) is 20.1. The van der Waals surface area contributed by atoms with Gasteiger partial charge in [0.2, 0.25) is 5.95 Å². The normalized spacial score (nSPS) is 17.7. The second-order valence-corrected chi connectivity index (χ2v) is 7.24. The molecule has 27 heavy (non-hydrogen) atoms. The van der Waals surface area contributed by atoms with E-state index in [0.717, 1.165) is 12.1 Å². The molecule has 1 aromatic carbocycles. The Kier molecular flexibility index (Phi) is 4.33. The Morgan fingerprint density at radius 3 is 2.04 bits per heavy atom. The van der Waals surface area contributed by atoms with Gasteiger partial charge < -0.3 is 20.8 Å². The van der Waals surface area contributed by atoms with Crippen molar-refractivity contribution < 1.29 is 18.1 Å². The molecule has 4 N–H and O–H groups in total. The molecule has 0 amide bonds. The minimum Gasteiger partial charge on any atom is -0.399 e. The summed E-state index contributed by atoms with van der Waals surface area (Å²) >= 11 is 0. The molecule has 1 fully saturated rings. The summed E-state index contributed by atoms with van der Waals surface area (Å²) in [6.07, 6.45) is 0. The molecule has 1 aromatic heterocycles. The van der Waals surface area contributed by atoms with E-state index in [0.29, 0.717) is 0 Å². The molecule has 2 aromatic rings. The molecule has 0 radical (unpaired) electrons. The molecule has 1 aliphatic heterocycles. The maximum atomic E-state index is 14.8. The highest BCUT2D eigenvalue weighted by Gasteiger charge is 2.53. The van der Waals surface area contributed by atoms with Gasteiger partial charge in [-0.3, -0.25) is 0 Å². The number of rotatable bonds is 2. The maximum Gasteiger partial charge on any atom is 0.500 e. The third-order valence-corrected chi connectivity index (χ3v) is 4.91. The average molecular weight is 373 g/mol. The fourth-order valence-electron chi connectivity index (χ4n) is 2.72. The van der Waals surface area contributed by atoms with Gasteiger partial charge in [0.15, 0.2) is 0 Å². The van der Waals surface area contributed by atoms with Crippen molar-refractivity contribution in [3.63, 3.8) is 0 Å². The quantitative estimate of drug-likeness (QED) is 0.770. The second kappa shape index (κ2) is 6.15. The molecule has 2 heterocycles. The summed E-state index contributed by atoms with van der Waals surface area (Å²) in [6, 6.07) is 3.89. The molecule has 140 valence electrons. The van der Waals surface area contributed by atoms with Gasteiger partial charge >= 0.3 is 7.12 Å². The highest BCUT2D eigenvalue weighted by Crippen LogP contribution is 2.37. The molecule has 0 atom stereocenters. The predicted octanol–water partition coefficient (Wildman–Crippen LogP) is 1.76. The molecule has 0 unspecified atom stereocenters. The lowest BCUT2D eigenvalue weighted by molar-refractivity contribution is 0.00578. The van der Waals surface area contributed by atoms with Crippen LogP contribution in [0.5, 0.6) is 0 Å². The minimum atomic E-state index is -1.21. The first-order chi connectivity index (χ1) is 12.5. The van der Waals surface area contributed by atoms with E-state index in [1.54, 1.807) is 27.7 Å². The maximum absolute atomic E-state index is 14.8. The molecule has 10 heteroatoms. The van der Waals surface area contributed by atoms with Gasteiger partial charge in [0.25, 0.3) is 0 Å². The molecule has 0 spiro atoms. The fraction of sp³-hybridized carbons (Fsp3) is 0.353. The number of anilines is 2. The summed E-state index contributed by atoms with van der Waals surface area (Å²) in [5.74, 6) is -2.18. The van der Waals surface area contributed by atoms with Crippen molar-refractivity contribution in [3.05, 3.63) is 29.3 Å². The number of nitrogens with two attached hydrogens (primary N) is 2. The monoisotopic (exact) mass is 373 g/mol. The Hall–Kier alpha value is -2.77. The van der Waals surface area contributed by atoms with Crippen molar-refractivity contribution in [2.75, 3.05) is 11.5 Å². The van der Waals surface area contributed by atoms with E-state index >= 15 is 0 Å². The van der Waals surface area contributed by atoms with Crippen molar-refractivity contribution in [1.29, 1.82) is 5.26 Å². The minimum absolute atomic E-state index is 0.00242. The molecule has 7 nitrogen and oxygen atoms in total. The lowest BCUT2D eigenvalue weighted by Crippen LogP contribution is -2.41. The van der Waals surface area contributed by atoms with Crippen LogP contribution in [0.4, 0.5) is 20.5 Å². The van der Waals surface area contributed by atoms with E-state index in [4.69, 9.17) is 20.8 Å². The summed E-state index contributed by atoms with van der Waals surface area (Å²) in [4.78, 5) is 7.58. The summed E-state index contributed by atoms with van der Waals surface area (Å²) < 4.78 is 41.0. The number of nitriles is 1. The molecule has 0 saturated carbocycles. The summed E-state index contributed by atoms with van der Waals surface area (Å²) in [7, 11) is -1.21. The number of halogens is 2. The van der Waals surface area contributed by atoms with Crippen molar-refractivity contribution >= 4 is 24.3 Å². The zero-order valence-corrected chi connectivity index (χ0v) is 15.3. The third kappa shape index (κ3) is 3.09. The smallest absolute Gasteiger partial charge is 0.399 e. The van der Waals surface area contributed by atoms with Crippen LogP contribution in [-0.2, 0) is 9.31 Å². The van der Waals surface area contributed by atoms with Gasteiger partial charge in [-0.05, 0) is 39.8 Å². The van der Waals surface area contributed by atoms with Crippen LogP contribution < -0.4 is 16.9 Å². The Morgan fingerprint density at radius 2 is 1.56 bits per heavy atom. The van der Waals surface area contributed by atoms with E-state index in [2.05, 4.69) is 9.97 Å². The van der Waals surface area contributed by atoms with Crippen LogP contribution in [0.2, 0.25) is 0 Å². The van der Waals surface area contributed by atoms with Gasteiger partial charge in [0.05, 0.1) is 22.4 Å². The van der Waals surface area contributed by atoms with Crippen LogP contribution in [0.15, 0.2) is 12.1 Å². The second-order valence-electron chi connectivity index (χ2n) is 7.24. The third-order valence-electron chi connectivity index (χ3n) is 4.91. The SMILES string of the molecule is CC1(C)OB(c2c(F)cc(-c3nc(N)nc(N)c3C#N)cc2F)OC1(C)C. The van der Waals surface area contributed by atoms with Gasteiger partial charge in [-0.1, -0.05) is 0 Å². The lowest BCUT2D eigenvalue weighted by atomic mass is 9.77. The molecule has 1 saturated heterocycles. The van der Waals surface area contributed by atoms with Crippen molar-refractivity contribution in [2.45, 2.75) is 38.9 Å². The van der Waals surface area contributed by atoms with Crippen LogP contribution in [0.3, 0.4) is 0 Å². The number of hydrogen-bond donors (Lipinski definition) is 2. The van der Waals surface area contributed by atoms with E-state index in [-0.39, 0.29) is 34.0 Å². The van der Waals surface area contributed by atoms with Crippen molar-refractivity contribution in [2.24, 2.45) is 0 Å². The topological polar surface area (TPSA) is 120 Å². The van der Waals surface area contributed by atoms with Gasteiger partial charge in [-0.25, -0.2) is 13.8 Å². The lowest BCUT2D eigenvalue weighted by Gasteiger charge is -2.32. The zero-order valence-electron chi connectivity index (χ0n) is 15.3. The number of benzene rings is 1. The Labute approximate surface area is 155 Å². The number of nitrogen functional groups attached to an aromatic ring is 2. The summed E-state index contributed by atoms with van der Waals surface area (Å²) in [5, 5.41) is 9.25. The molecule has 1 aliphatic rings. The van der Waals surface area contributed by atoms with E-state index in [1.807, 2.05) is 6.07 Å². The molecule has 0 bridgehead atoms. The van der Waals surface area contributed by atoms with Gasteiger partial charge in [0.1, 0.15) is 29.1 Å². The van der Waals surface area contributed by atoms with Crippen LogP contribution in [0, 0.1) is 23.0 Å². The first-order valence-corrected chi connectivity index (χ1v) is 8.15. The van der Waals surface area contributed by atoms with Crippen molar-refractivity contribution in [3.8, 4) is 17.3 Å². The molecule has 3 rings (SSSR count). The largest absolute Gasteiger partial charge is 0.500 e. The van der Waals surface area contributed by atoms with Crippen LogP contribution in [0.25, 0.3) is 11.3 Å². The predicted molar refractivity (Wildman–Crippen MR) is 96.6 cm³/mol. The van der Waals surface area contributed by atoms with Crippen LogP contribution >= 0.6 is 0 Å². The Bertz CT molecular complexity index is 936. The Balaban J connectivity index is 2.10. The number of hydrogen-bond acceptors (Lipinski definition) is 7.